The number of anilines is 1. The fourth-order valence-electron chi connectivity index (χ4n) is 1.63. The van der Waals surface area contributed by atoms with Gasteiger partial charge < -0.3 is 14.8 Å². The molecule has 0 aliphatic rings. The minimum absolute atomic E-state index is 0.199. The lowest BCUT2D eigenvalue weighted by Gasteiger charge is -2.15. The summed E-state index contributed by atoms with van der Waals surface area (Å²) in [5.41, 5.74) is 2.50. The molecule has 0 saturated carbocycles. The summed E-state index contributed by atoms with van der Waals surface area (Å²) in [7, 11) is 3.29. The molecule has 0 aliphatic carbocycles. The number of unbranched alkanes of at least 4 members (excludes halogenated alkanes) is 1. The average Bonchev–Trinajstić information content (AvgIpc) is 2.39. The Morgan fingerprint density at radius 1 is 1.12 bits per heavy atom. The predicted molar refractivity (Wildman–Crippen MR) is 71.3 cm³/mol. The average molecular weight is 237 g/mol. The van der Waals surface area contributed by atoms with E-state index in [-0.39, 0.29) is 6.29 Å². The molecular formula is C14H23NO2. The highest BCUT2D eigenvalue weighted by molar-refractivity contribution is 5.44. The van der Waals surface area contributed by atoms with E-state index in [9.17, 15) is 0 Å². The van der Waals surface area contributed by atoms with E-state index < -0.39 is 0 Å². The summed E-state index contributed by atoms with van der Waals surface area (Å²) in [5.74, 6) is 0. The number of rotatable bonds is 8. The second kappa shape index (κ2) is 8.09. The molecule has 0 aromatic heterocycles. The summed E-state index contributed by atoms with van der Waals surface area (Å²) < 4.78 is 10.2. The highest BCUT2D eigenvalue weighted by Gasteiger charge is 2.03. The molecule has 96 valence electrons. The van der Waals surface area contributed by atoms with Gasteiger partial charge in [0.2, 0.25) is 0 Å². The molecule has 1 aromatic rings. The SMILES string of the molecule is CCCCc1ccc(NCC(OC)OC)cc1. The molecule has 0 aliphatic heterocycles. The van der Waals surface area contributed by atoms with Crippen LogP contribution in [0.4, 0.5) is 5.69 Å². The van der Waals surface area contributed by atoms with Gasteiger partial charge in [0.15, 0.2) is 6.29 Å². The maximum Gasteiger partial charge on any atom is 0.173 e. The first kappa shape index (κ1) is 14.0. The zero-order valence-corrected chi connectivity index (χ0v) is 11.0. The third-order valence-corrected chi connectivity index (χ3v) is 2.77. The number of nitrogens with one attached hydrogen (secondary N) is 1. The Bertz CT molecular complexity index is 294. The number of methoxy groups -OCH3 is 2. The minimum Gasteiger partial charge on any atom is -0.380 e. The second-order valence-corrected chi connectivity index (χ2v) is 4.08. The van der Waals surface area contributed by atoms with Gasteiger partial charge in [0.05, 0.1) is 6.54 Å². The minimum atomic E-state index is -0.199. The quantitative estimate of drug-likeness (QED) is 0.705. The van der Waals surface area contributed by atoms with Crippen molar-refractivity contribution in [3.8, 4) is 0 Å². The van der Waals surface area contributed by atoms with Crippen molar-refractivity contribution in [1.29, 1.82) is 0 Å². The molecular weight excluding hydrogens is 214 g/mol. The van der Waals surface area contributed by atoms with Crippen molar-refractivity contribution >= 4 is 5.69 Å². The number of ether oxygens (including phenoxy) is 2. The van der Waals surface area contributed by atoms with E-state index in [1.807, 2.05) is 0 Å². The van der Waals surface area contributed by atoms with Gasteiger partial charge in [-0.3, -0.25) is 0 Å². The van der Waals surface area contributed by atoms with Gasteiger partial charge in [-0.25, -0.2) is 0 Å². The highest BCUT2D eigenvalue weighted by atomic mass is 16.7. The molecule has 0 amide bonds. The number of hydrogen-bond acceptors (Lipinski definition) is 3. The molecule has 0 spiro atoms. The summed E-state index contributed by atoms with van der Waals surface area (Å²) in [6, 6.07) is 8.56. The summed E-state index contributed by atoms with van der Waals surface area (Å²) in [5, 5.41) is 3.28. The van der Waals surface area contributed by atoms with Gasteiger partial charge >= 0.3 is 0 Å². The Morgan fingerprint density at radius 2 is 1.76 bits per heavy atom. The molecule has 0 bridgehead atoms. The van der Waals surface area contributed by atoms with Crippen LogP contribution < -0.4 is 5.32 Å². The lowest BCUT2D eigenvalue weighted by atomic mass is 10.1. The summed E-state index contributed by atoms with van der Waals surface area (Å²) in [6.45, 7) is 2.87. The van der Waals surface area contributed by atoms with Crippen LogP contribution in [0.3, 0.4) is 0 Å². The molecule has 1 N–H and O–H groups in total. The maximum absolute atomic E-state index is 5.11. The first-order valence-corrected chi connectivity index (χ1v) is 6.18. The first-order chi connectivity index (χ1) is 8.30. The Balaban J connectivity index is 2.39. The summed E-state index contributed by atoms with van der Waals surface area (Å²) >= 11 is 0. The van der Waals surface area contributed by atoms with Crippen LogP contribution in [0.1, 0.15) is 25.3 Å². The van der Waals surface area contributed by atoms with Gasteiger partial charge in [-0.05, 0) is 30.5 Å². The molecule has 1 aromatic carbocycles. The highest BCUT2D eigenvalue weighted by Crippen LogP contribution is 2.12. The standard InChI is InChI=1S/C14H23NO2/c1-4-5-6-12-7-9-13(10-8-12)15-11-14(16-2)17-3/h7-10,14-15H,4-6,11H2,1-3H3. The van der Waals surface area contributed by atoms with Crippen LogP contribution in [0.15, 0.2) is 24.3 Å². The topological polar surface area (TPSA) is 30.5 Å². The fourth-order valence-corrected chi connectivity index (χ4v) is 1.63. The number of benzene rings is 1. The van der Waals surface area contributed by atoms with Crippen molar-refractivity contribution in [3.05, 3.63) is 29.8 Å². The van der Waals surface area contributed by atoms with Crippen LogP contribution >= 0.6 is 0 Å². The summed E-state index contributed by atoms with van der Waals surface area (Å²) in [6.07, 6.45) is 3.45. The third kappa shape index (κ3) is 5.20. The first-order valence-electron chi connectivity index (χ1n) is 6.18. The molecule has 3 heteroatoms. The molecule has 3 nitrogen and oxygen atoms in total. The van der Waals surface area contributed by atoms with Gasteiger partial charge in [0.25, 0.3) is 0 Å². The van der Waals surface area contributed by atoms with Crippen molar-refractivity contribution in [1.82, 2.24) is 0 Å². The zero-order valence-electron chi connectivity index (χ0n) is 11.0. The van der Waals surface area contributed by atoms with Crippen molar-refractivity contribution in [2.75, 3.05) is 26.1 Å². The fraction of sp³-hybridized carbons (Fsp3) is 0.571. The molecule has 0 saturated heterocycles. The van der Waals surface area contributed by atoms with Gasteiger partial charge in [-0.1, -0.05) is 25.5 Å². The molecule has 0 fully saturated rings. The lowest BCUT2D eigenvalue weighted by molar-refractivity contribution is -0.0914. The van der Waals surface area contributed by atoms with Crippen molar-refractivity contribution in [3.63, 3.8) is 0 Å². The molecule has 0 heterocycles. The zero-order chi connectivity index (χ0) is 12.5. The Morgan fingerprint density at radius 3 is 2.29 bits per heavy atom. The smallest absolute Gasteiger partial charge is 0.173 e. The van der Waals surface area contributed by atoms with E-state index in [2.05, 4.69) is 36.5 Å². The van der Waals surface area contributed by atoms with E-state index >= 15 is 0 Å². The van der Waals surface area contributed by atoms with E-state index in [0.717, 1.165) is 12.1 Å². The van der Waals surface area contributed by atoms with E-state index in [4.69, 9.17) is 9.47 Å². The Kier molecular flexibility index (Phi) is 6.67. The molecule has 0 atom stereocenters. The van der Waals surface area contributed by atoms with E-state index in [1.54, 1.807) is 14.2 Å². The van der Waals surface area contributed by atoms with E-state index in [0.29, 0.717) is 6.54 Å². The van der Waals surface area contributed by atoms with Crippen LogP contribution in [0.5, 0.6) is 0 Å². The number of aryl methyl sites for hydroxylation is 1. The maximum atomic E-state index is 5.11. The molecule has 1 rings (SSSR count). The van der Waals surface area contributed by atoms with Crippen LogP contribution in [0, 0.1) is 0 Å². The lowest BCUT2D eigenvalue weighted by Crippen LogP contribution is -2.23. The second-order valence-electron chi connectivity index (χ2n) is 4.08. The van der Waals surface area contributed by atoms with Crippen molar-refractivity contribution in [2.24, 2.45) is 0 Å². The molecule has 0 unspecified atom stereocenters. The third-order valence-electron chi connectivity index (χ3n) is 2.77. The van der Waals surface area contributed by atoms with Gasteiger partial charge in [-0.15, -0.1) is 0 Å². The Hall–Kier alpha value is -1.06. The van der Waals surface area contributed by atoms with Crippen molar-refractivity contribution in [2.45, 2.75) is 32.5 Å². The normalized spacial score (nSPS) is 10.8. The van der Waals surface area contributed by atoms with Crippen molar-refractivity contribution < 1.29 is 9.47 Å². The monoisotopic (exact) mass is 237 g/mol. The van der Waals surface area contributed by atoms with Crippen LogP contribution in [0.2, 0.25) is 0 Å². The largest absolute Gasteiger partial charge is 0.380 e. The summed E-state index contributed by atoms with van der Waals surface area (Å²) in [4.78, 5) is 0. The van der Waals surface area contributed by atoms with Crippen LogP contribution in [-0.2, 0) is 15.9 Å². The number of hydrogen-bond donors (Lipinski definition) is 1. The van der Waals surface area contributed by atoms with Gasteiger partial charge in [-0.2, -0.15) is 0 Å². The van der Waals surface area contributed by atoms with E-state index in [1.165, 1.54) is 18.4 Å². The van der Waals surface area contributed by atoms with Crippen LogP contribution in [-0.4, -0.2) is 27.1 Å². The predicted octanol–water partition coefficient (Wildman–Crippen LogP) is 3.06. The Labute approximate surface area is 104 Å². The van der Waals surface area contributed by atoms with Crippen LogP contribution in [0.25, 0.3) is 0 Å². The molecule has 0 radical (unpaired) electrons. The van der Waals surface area contributed by atoms with Gasteiger partial charge in [0.1, 0.15) is 0 Å². The van der Waals surface area contributed by atoms with Gasteiger partial charge in [0, 0.05) is 19.9 Å². The molecule has 17 heavy (non-hydrogen) atoms.